The molecule has 2 aliphatic heterocycles. The number of halogens is 2. The fourth-order valence-electron chi connectivity index (χ4n) is 2.73. The van der Waals surface area contributed by atoms with Gasteiger partial charge < -0.3 is 4.74 Å². The molecule has 1 fully saturated rings. The molecule has 4 nitrogen and oxygen atoms in total. The largest absolute Gasteiger partial charge is 0.380 e. The van der Waals surface area contributed by atoms with E-state index in [2.05, 4.69) is 0 Å². The number of hydrogen-bond acceptors (Lipinski definition) is 3. The van der Waals surface area contributed by atoms with E-state index in [0.29, 0.717) is 49.2 Å². The summed E-state index contributed by atoms with van der Waals surface area (Å²) in [7, 11) is -3.31. The van der Waals surface area contributed by atoms with Crippen LogP contribution in [0.3, 0.4) is 0 Å². The number of ether oxygens (including phenoxy) is 1. The molecule has 1 unspecified atom stereocenters. The molecule has 1 atom stereocenters. The summed E-state index contributed by atoms with van der Waals surface area (Å²) in [6.45, 7) is 1.61. The van der Waals surface area contributed by atoms with E-state index in [-0.39, 0.29) is 0 Å². The Morgan fingerprint density at radius 1 is 1.30 bits per heavy atom. The third-order valence-electron chi connectivity index (χ3n) is 3.89. The van der Waals surface area contributed by atoms with Crippen LogP contribution in [0.25, 0.3) is 0 Å². The van der Waals surface area contributed by atoms with Gasteiger partial charge in [0.25, 0.3) is 0 Å². The summed E-state index contributed by atoms with van der Waals surface area (Å²) >= 11 is 12.2. The van der Waals surface area contributed by atoms with Gasteiger partial charge in [-0.2, -0.15) is 4.31 Å². The third kappa shape index (κ3) is 2.57. The molecule has 2 heterocycles. The average molecular weight is 336 g/mol. The molecule has 2 aliphatic rings. The first-order valence-electron chi connectivity index (χ1n) is 6.52. The molecule has 0 aliphatic carbocycles. The minimum Gasteiger partial charge on any atom is -0.380 e. The normalized spacial score (nSPS) is 23.8. The fourth-order valence-corrected chi connectivity index (χ4v) is 5.07. The van der Waals surface area contributed by atoms with Crippen LogP contribution in [0.15, 0.2) is 12.1 Å². The van der Waals surface area contributed by atoms with E-state index in [1.54, 1.807) is 6.07 Å². The van der Waals surface area contributed by atoms with Crippen molar-refractivity contribution in [1.82, 2.24) is 4.31 Å². The molecule has 1 aromatic carbocycles. The van der Waals surface area contributed by atoms with Gasteiger partial charge in [-0.1, -0.05) is 23.2 Å². The molecule has 110 valence electrons. The maximum Gasteiger partial charge on any atom is 0.219 e. The Hall–Kier alpha value is -0.330. The van der Waals surface area contributed by atoms with Crippen molar-refractivity contribution in [2.75, 3.05) is 19.8 Å². The lowest BCUT2D eigenvalue weighted by molar-refractivity contribution is 0.197. The second kappa shape index (κ2) is 5.46. The summed E-state index contributed by atoms with van der Waals surface area (Å²) in [6.07, 6.45) is 1.21. The predicted octanol–water partition coefficient (Wildman–Crippen LogP) is 2.47. The zero-order chi connectivity index (χ0) is 14.3. The molecular formula is C13H15Cl2NO3S. The van der Waals surface area contributed by atoms with Gasteiger partial charge in [0.1, 0.15) is 5.25 Å². The van der Waals surface area contributed by atoms with Gasteiger partial charge in [0.15, 0.2) is 0 Å². The molecule has 0 aromatic heterocycles. The van der Waals surface area contributed by atoms with Crippen molar-refractivity contribution < 1.29 is 13.2 Å². The molecule has 7 heteroatoms. The zero-order valence-corrected chi connectivity index (χ0v) is 13.1. The standard InChI is InChI=1S/C13H15Cl2NO3S/c14-10-5-9-1-3-16(7-12(9)13(15)6-10)20(17,18)11-2-4-19-8-11/h5-6,11H,1-4,7-8H2. The van der Waals surface area contributed by atoms with Crippen LogP contribution in [0, 0.1) is 0 Å². The Kier molecular flexibility index (Phi) is 3.99. The molecule has 20 heavy (non-hydrogen) atoms. The first-order chi connectivity index (χ1) is 9.48. The second-order valence-electron chi connectivity index (χ2n) is 5.14. The van der Waals surface area contributed by atoms with E-state index >= 15 is 0 Å². The van der Waals surface area contributed by atoms with Crippen LogP contribution in [-0.4, -0.2) is 37.7 Å². The Morgan fingerprint density at radius 3 is 2.80 bits per heavy atom. The van der Waals surface area contributed by atoms with Gasteiger partial charge in [-0.05, 0) is 36.1 Å². The molecule has 0 N–H and O–H groups in total. The minimum atomic E-state index is -3.31. The van der Waals surface area contributed by atoms with Gasteiger partial charge in [-0.3, -0.25) is 0 Å². The van der Waals surface area contributed by atoms with Crippen molar-refractivity contribution in [3.8, 4) is 0 Å². The average Bonchev–Trinajstić information content (AvgIpc) is 2.92. The lowest BCUT2D eigenvalue weighted by Gasteiger charge is -2.30. The van der Waals surface area contributed by atoms with E-state index in [1.807, 2.05) is 6.07 Å². The van der Waals surface area contributed by atoms with Gasteiger partial charge in [-0.25, -0.2) is 8.42 Å². The molecule has 0 spiro atoms. The topological polar surface area (TPSA) is 46.6 Å². The molecule has 0 saturated carbocycles. The first kappa shape index (κ1) is 14.6. The van der Waals surface area contributed by atoms with Gasteiger partial charge >= 0.3 is 0 Å². The van der Waals surface area contributed by atoms with Crippen LogP contribution in [0.2, 0.25) is 10.0 Å². The smallest absolute Gasteiger partial charge is 0.219 e. The van der Waals surface area contributed by atoms with Crippen LogP contribution in [-0.2, 0) is 27.7 Å². The summed E-state index contributed by atoms with van der Waals surface area (Å²) in [4.78, 5) is 0. The van der Waals surface area contributed by atoms with Gasteiger partial charge in [-0.15, -0.1) is 0 Å². The van der Waals surface area contributed by atoms with Crippen LogP contribution in [0.4, 0.5) is 0 Å². The molecule has 1 aromatic rings. The monoisotopic (exact) mass is 335 g/mol. The molecule has 3 rings (SSSR count). The second-order valence-corrected chi connectivity index (χ2v) is 8.20. The third-order valence-corrected chi connectivity index (χ3v) is 6.69. The van der Waals surface area contributed by atoms with E-state index in [9.17, 15) is 8.42 Å². The highest BCUT2D eigenvalue weighted by atomic mass is 35.5. The number of rotatable bonds is 2. The highest BCUT2D eigenvalue weighted by Crippen LogP contribution is 2.32. The van der Waals surface area contributed by atoms with Gasteiger partial charge in [0.05, 0.1) is 6.61 Å². The van der Waals surface area contributed by atoms with Gasteiger partial charge in [0.2, 0.25) is 10.0 Å². The van der Waals surface area contributed by atoms with Crippen molar-refractivity contribution in [3.05, 3.63) is 33.3 Å². The summed E-state index contributed by atoms with van der Waals surface area (Å²) in [6, 6.07) is 3.53. The van der Waals surface area contributed by atoms with Crippen molar-refractivity contribution in [2.24, 2.45) is 0 Å². The number of fused-ring (bicyclic) bond motifs is 1. The minimum absolute atomic E-state index is 0.292. The van der Waals surface area contributed by atoms with Gasteiger partial charge in [0, 0.05) is 29.7 Å². The van der Waals surface area contributed by atoms with Crippen LogP contribution < -0.4 is 0 Å². The van der Waals surface area contributed by atoms with Crippen LogP contribution >= 0.6 is 23.2 Å². The molecular weight excluding hydrogens is 321 g/mol. The van der Waals surface area contributed by atoms with E-state index in [4.69, 9.17) is 27.9 Å². The van der Waals surface area contributed by atoms with E-state index in [1.165, 1.54) is 4.31 Å². The molecule has 0 amide bonds. The zero-order valence-electron chi connectivity index (χ0n) is 10.8. The maximum atomic E-state index is 12.6. The summed E-state index contributed by atoms with van der Waals surface area (Å²) in [5.41, 5.74) is 1.90. The lowest BCUT2D eigenvalue weighted by atomic mass is 10.0. The van der Waals surface area contributed by atoms with Crippen molar-refractivity contribution in [3.63, 3.8) is 0 Å². The quantitative estimate of drug-likeness (QED) is 0.834. The number of sulfonamides is 1. The van der Waals surface area contributed by atoms with Crippen molar-refractivity contribution in [1.29, 1.82) is 0 Å². The molecule has 0 bridgehead atoms. The Balaban J connectivity index is 1.88. The Bertz CT molecular complexity index is 627. The molecule has 1 saturated heterocycles. The summed E-state index contributed by atoms with van der Waals surface area (Å²) in [5, 5.41) is 0.708. The van der Waals surface area contributed by atoms with Crippen LogP contribution in [0.5, 0.6) is 0 Å². The summed E-state index contributed by atoms with van der Waals surface area (Å²) < 4.78 is 31.8. The lowest BCUT2D eigenvalue weighted by Crippen LogP contribution is -2.42. The van der Waals surface area contributed by atoms with E-state index in [0.717, 1.165) is 11.1 Å². The maximum absolute atomic E-state index is 12.6. The van der Waals surface area contributed by atoms with Crippen LogP contribution in [0.1, 0.15) is 17.5 Å². The van der Waals surface area contributed by atoms with Crippen molar-refractivity contribution >= 4 is 33.2 Å². The predicted molar refractivity (Wildman–Crippen MR) is 78.7 cm³/mol. The highest BCUT2D eigenvalue weighted by molar-refractivity contribution is 7.89. The molecule has 0 radical (unpaired) electrons. The first-order valence-corrected chi connectivity index (χ1v) is 8.78. The van der Waals surface area contributed by atoms with E-state index < -0.39 is 15.3 Å². The summed E-state index contributed by atoms with van der Waals surface area (Å²) in [5.74, 6) is 0. The fraction of sp³-hybridized carbons (Fsp3) is 0.538. The van der Waals surface area contributed by atoms with Crippen molar-refractivity contribution in [2.45, 2.75) is 24.6 Å². The number of nitrogens with zero attached hydrogens (tertiary/aromatic N) is 1. The highest BCUT2D eigenvalue weighted by Gasteiger charge is 2.36. The SMILES string of the molecule is O=S(=O)(C1CCOC1)N1CCc2cc(Cl)cc(Cl)c2C1. The number of hydrogen-bond donors (Lipinski definition) is 0. The Morgan fingerprint density at radius 2 is 2.10 bits per heavy atom. The Labute approximate surface area is 128 Å². The number of benzene rings is 1.